The third-order valence-electron chi connectivity index (χ3n) is 5.80. The molecule has 0 aliphatic rings. The maximum Gasteiger partial charge on any atom is 0.254 e. The van der Waals surface area contributed by atoms with E-state index in [9.17, 15) is 17.6 Å². The molecule has 0 fully saturated rings. The number of nitrogens with one attached hydrogen (secondary N) is 1. The Morgan fingerprint density at radius 2 is 1.83 bits per heavy atom. The molecule has 1 amide bonds. The smallest absolute Gasteiger partial charge is 0.254 e. The van der Waals surface area contributed by atoms with Crippen LogP contribution in [0, 0.1) is 11.7 Å². The number of carbonyl (C=O) groups excluding carboxylic acids is 1. The first kappa shape index (κ1) is 25.4. The summed E-state index contributed by atoms with van der Waals surface area (Å²) in [5.74, 6) is -0.427. The van der Waals surface area contributed by atoms with Gasteiger partial charge in [0.05, 0.1) is 35.2 Å². The minimum Gasteiger partial charge on any atom is -0.345 e. The Morgan fingerprint density at radius 3 is 2.47 bits per heavy atom. The summed E-state index contributed by atoms with van der Waals surface area (Å²) in [6.45, 7) is 5.99. The van der Waals surface area contributed by atoms with Crippen molar-refractivity contribution in [2.75, 3.05) is 6.26 Å². The van der Waals surface area contributed by atoms with E-state index in [0.29, 0.717) is 46.3 Å². The largest absolute Gasteiger partial charge is 0.345 e. The quantitative estimate of drug-likeness (QED) is 0.376. The van der Waals surface area contributed by atoms with Crippen molar-refractivity contribution in [2.24, 2.45) is 5.92 Å². The van der Waals surface area contributed by atoms with Crippen LogP contribution in [0.1, 0.15) is 54.8 Å². The van der Waals surface area contributed by atoms with Gasteiger partial charge in [-0.05, 0) is 60.7 Å². The summed E-state index contributed by atoms with van der Waals surface area (Å²) >= 11 is 0. The maximum absolute atomic E-state index is 13.4. The zero-order valence-electron chi connectivity index (χ0n) is 20.6. The number of amides is 1. The molecule has 0 aliphatic carbocycles. The van der Waals surface area contributed by atoms with Gasteiger partial charge < -0.3 is 5.32 Å². The second-order valence-electron chi connectivity index (χ2n) is 9.19. The first-order valence-electron chi connectivity index (χ1n) is 11.7. The van der Waals surface area contributed by atoms with E-state index in [4.69, 9.17) is 0 Å². The van der Waals surface area contributed by atoms with Crippen molar-refractivity contribution < 1.29 is 17.6 Å². The van der Waals surface area contributed by atoms with Crippen LogP contribution in [0.15, 0.2) is 60.0 Å². The number of fused-ring (bicyclic) bond motifs is 1. The van der Waals surface area contributed by atoms with E-state index in [-0.39, 0.29) is 22.7 Å². The molecule has 0 unspecified atom stereocenters. The number of pyridine rings is 2. The summed E-state index contributed by atoms with van der Waals surface area (Å²) in [6.07, 6.45) is 6.93. The average Bonchev–Trinajstić information content (AvgIpc) is 3.26. The van der Waals surface area contributed by atoms with Gasteiger partial charge >= 0.3 is 0 Å². The average molecular weight is 510 g/mol. The topological polar surface area (TPSA) is 107 Å². The van der Waals surface area contributed by atoms with E-state index in [1.807, 2.05) is 26.8 Å². The molecule has 1 aromatic carbocycles. The second-order valence-corrected chi connectivity index (χ2v) is 11.1. The van der Waals surface area contributed by atoms with Crippen molar-refractivity contribution in [3.8, 4) is 5.69 Å². The Morgan fingerprint density at radius 1 is 1.11 bits per heavy atom. The lowest BCUT2D eigenvalue weighted by Gasteiger charge is -2.19. The van der Waals surface area contributed by atoms with E-state index in [1.54, 1.807) is 29.2 Å². The summed E-state index contributed by atoms with van der Waals surface area (Å²) in [5, 5.41) is 7.98. The van der Waals surface area contributed by atoms with E-state index in [1.165, 1.54) is 24.4 Å². The summed E-state index contributed by atoms with van der Waals surface area (Å²) < 4.78 is 39.5. The van der Waals surface area contributed by atoms with Crippen molar-refractivity contribution in [3.05, 3.63) is 77.6 Å². The monoisotopic (exact) mass is 509 g/mol. The van der Waals surface area contributed by atoms with E-state index in [0.717, 1.165) is 6.26 Å². The van der Waals surface area contributed by atoms with Gasteiger partial charge in [-0.1, -0.05) is 20.8 Å². The Kier molecular flexibility index (Phi) is 7.16. The number of rotatable bonds is 8. The third kappa shape index (κ3) is 5.43. The number of aromatic nitrogens is 4. The van der Waals surface area contributed by atoms with Crippen molar-refractivity contribution in [2.45, 2.75) is 44.7 Å². The molecule has 0 bridgehead atoms. The van der Waals surface area contributed by atoms with Crippen LogP contribution in [0.3, 0.4) is 0 Å². The summed E-state index contributed by atoms with van der Waals surface area (Å²) in [7, 11) is -3.53. The van der Waals surface area contributed by atoms with Gasteiger partial charge in [-0.15, -0.1) is 0 Å². The SMILES string of the molecule is CC[C@H](NC(=O)c1cncc2c1cnn2-c1ccc(F)cc1)c1cc(CC(C)C)nc(S(C)(=O)=O)c1. The lowest BCUT2D eigenvalue weighted by Crippen LogP contribution is -2.29. The molecule has 1 N–H and O–H groups in total. The molecular formula is C26H28FN5O3S. The number of sulfone groups is 1. The molecule has 3 heterocycles. The van der Waals surface area contributed by atoms with Gasteiger partial charge in [0.1, 0.15) is 5.82 Å². The normalized spacial score (nSPS) is 12.7. The van der Waals surface area contributed by atoms with E-state index >= 15 is 0 Å². The zero-order valence-corrected chi connectivity index (χ0v) is 21.4. The minimum atomic E-state index is -3.53. The van der Waals surface area contributed by atoms with E-state index in [2.05, 4.69) is 20.4 Å². The van der Waals surface area contributed by atoms with Crippen LogP contribution in [-0.2, 0) is 16.3 Å². The molecule has 10 heteroatoms. The van der Waals surface area contributed by atoms with Crippen LogP contribution in [-0.4, -0.2) is 40.3 Å². The molecule has 0 saturated carbocycles. The van der Waals surface area contributed by atoms with Gasteiger partial charge in [0.2, 0.25) is 0 Å². The molecule has 188 valence electrons. The molecule has 8 nitrogen and oxygen atoms in total. The predicted octanol–water partition coefficient (Wildman–Crippen LogP) is 4.44. The summed E-state index contributed by atoms with van der Waals surface area (Å²) in [6, 6.07) is 8.82. The van der Waals surface area contributed by atoms with Crippen LogP contribution in [0.4, 0.5) is 4.39 Å². The van der Waals surface area contributed by atoms with Crippen LogP contribution in [0.5, 0.6) is 0 Å². The minimum absolute atomic E-state index is 0.00677. The zero-order chi connectivity index (χ0) is 26.0. The molecule has 0 saturated heterocycles. The number of carbonyl (C=O) groups is 1. The fraction of sp³-hybridized carbons (Fsp3) is 0.308. The van der Waals surface area contributed by atoms with Gasteiger partial charge in [-0.25, -0.2) is 22.5 Å². The molecule has 1 atom stereocenters. The lowest BCUT2D eigenvalue weighted by atomic mass is 10.0. The van der Waals surface area contributed by atoms with Crippen molar-refractivity contribution in [1.82, 2.24) is 25.1 Å². The van der Waals surface area contributed by atoms with Crippen LogP contribution in [0.25, 0.3) is 16.6 Å². The fourth-order valence-corrected chi connectivity index (χ4v) is 4.70. The molecular weight excluding hydrogens is 481 g/mol. The second kappa shape index (κ2) is 10.1. The highest BCUT2D eigenvalue weighted by atomic mass is 32.2. The van der Waals surface area contributed by atoms with Gasteiger partial charge in [0, 0.05) is 23.5 Å². The Bertz CT molecular complexity index is 1510. The first-order valence-corrected chi connectivity index (χ1v) is 13.6. The standard InChI is InChI=1S/C26H28FN5O3S/c1-5-23(17-11-19(10-16(2)3)30-25(12-17)36(4,34)35)31-26(33)22-13-28-15-24-21(22)14-29-32(24)20-8-6-18(27)7-9-20/h6-9,11-16,23H,5,10H2,1-4H3,(H,31,33)/t23-/m0/s1. The number of halogens is 1. The highest BCUT2D eigenvalue weighted by Gasteiger charge is 2.21. The van der Waals surface area contributed by atoms with Gasteiger partial charge in [-0.2, -0.15) is 5.10 Å². The number of hydrogen-bond donors (Lipinski definition) is 1. The van der Waals surface area contributed by atoms with Crippen LogP contribution >= 0.6 is 0 Å². The van der Waals surface area contributed by atoms with Crippen LogP contribution in [0.2, 0.25) is 0 Å². The number of hydrogen-bond acceptors (Lipinski definition) is 6. The van der Waals surface area contributed by atoms with Crippen molar-refractivity contribution in [3.63, 3.8) is 0 Å². The highest BCUT2D eigenvalue weighted by Crippen LogP contribution is 2.25. The lowest BCUT2D eigenvalue weighted by molar-refractivity contribution is 0.0937. The number of nitrogens with zero attached hydrogens (tertiary/aromatic N) is 4. The molecule has 36 heavy (non-hydrogen) atoms. The Balaban J connectivity index is 1.68. The molecule has 4 rings (SSSR count). The van der Waals surface area contributed by atoms with Gasteiger partial charge in [0.25, 0.3) is 5.91 Å². The molecule has 3 aromatic heterocycles. The number of benzene rings is 1. The van der Waals surface area contributed by atoms with Gasteiger partial charge in [-0.3, -0.25) is 9.78 Å². The van der Waals surface area contributed by atoms with Crippen LogP contribution < -0.4 is 5.32 Å². The third-order valence-corrected chi connectivity index (χ3v) is 6.77. The first-order chi connectivity index (χ1) is 17.1. The molecule has 0 spiro atoms. The molecule has 0 radical (unpaired) electrons. The van der Waals surface area contributed by atoms with Gasteiger partial charge in [0.15, 0.2) is 14.9 Å². The Labute approximate surface area is 209 Å². The highest BCUT2D eigenvalue weighted by molar-refractivity contribution is 7.90. The molecule has 4 aromatic rings. The molecule has 0 aliphatic heterocycles. The van der Waals surface area contributed by atoms with E-state index < -0.39 is 15.9 Å². The summed E-state index contributed by atoms with van der Waals surface area (Å²) in [4.78, 5) is 21.9. The Hall–Kier alpha value is -3.66. The predicted molar refractivity (Wildman–Crippen MR) is 135 cm³/mol. The van der Waals surface area contributed by atoms with Crippen molar-refractivity contribution in [1.29, 1.82) is 0 Å². The maximum atomic E-state index is 13.4. The summed E-state index contributed by atoms with van der Waals surface area (Å²) in [5.41, 5.74) is 2.92. The fourth-order valence-electron chi connectivity index (χ4n) is 4.06. The van der Waals surface area contributed by atoms with Crippen molar-refractivity contribution >= 4 is 26.6 Å².